The van der Waals surface area contributed by atoms with Crippen molar-refractivity contribution >= 4 is 17.7 Å². The third kappa shape index (κ3) is 1.68. The van der Waals surface area contributed by atoms with Gasteiger partial charge in [0.05, 0.1) is 29.3 Å². The van der Waals surface area contributed by atoms with Crippen molar-refractivity contribution in [1.82, 2.24) is 15.6 Å². The van der Waals surface area contributed by atoms with Gasteiger partial charge >= 0.3 is 5.97 Å². The number of hydrogen-bond acceptors (Lipinski definition) is 4. The molecule has 1 saturated heterocycles. The monoisotopic (exact) mass is 231 g/mol. The molecule has 1 aromatic rings. The number of fused-ring (bicyclic) bond motifs is 2. The molecule has 1 fully saturated rings. The largest absolute Gasteiger partial charge is 0.478 e. The predicted molar refractivity (Wildman–Crippen MR) is 62.5 cm³/mol. The van der Waals surface area contributed by atoms with E-state index >= 15 is 0 Å². The Balaban J connectivity index is 2.27. The van der Waals surface area contributed by atoms with Gasteiger partial charge in [-0.2, -0.15) is 0 Å². The number of hydrogen-bond donors (Lipinski definition) is 3. The zero-order valence-electron chi connectivity index (χ0n) is 9.23. The Bertz CT molecular complexity index is 594. The Morgan fingerprint density at radius 1 is 1.53 bits per heavy atom. The lowest BCUT2D eigenvalue weighted by atomic mass is 10.1. The number of carbonyl (C=O) groups is 1. The van der Waals surface area contributed by atoms with Crippen LogP contribution in [0, 0.1) is 0 Å². The normalized spacial score (nSPS) is 21.9. The summed E-state index contributed by atoms with van der Waals surface area (Å²) in [5.41, 5.74) is 1.33. The first-order valence-electron chi connectivity index (χ1n) is 5.67. The lowest BCUT2D eigenvalue weighted by molar-refractivity contribution is 0.0696. The summed E-state index contributed by atoms with van der Waals surface area (Å²) in [6.45, 7) is 0.752. The molecule has 17 heavy (non-hydrogen) atoms. The fourth-order valence-electron chi connectivity index (χ4n) is 2.37. The number of aromatic carboxylic acids is 1. The number of carboxylic acid groups (broad SMARTS) is 1. The summed E-state index contributed by atoms with van der Waals surface area (Å²) in [5, 5.41) is 17.4. The van der Waals surface area contributed by atoms with Crippen LogP contribution in [0.5, 0.6) is 0 Å². The molecule has 5 nitrogen and oxygen atoms in total. The van der Waals surface area contributed by atoms with E-state index in [0.717, 1.165) is 35.8 Å². The van der Waals surface area contributed by atoms with E-state index in [1.807, 2.05) is 0 Å². The Morgan fingerprint density at radius 2 is 2.41 bits per heavy atom. The maximum absolute atomic E-state index is 10.9. The average Bonchev–Trinajstić information content (AvgIpc) is 2.71. The van der Waals surface area contributed by atoms with Gasteiger partial charge in [-0.3, -0.25) is 10.3 Å². The van der Waals surface area contributed by atoms with E-state index in [1.54, 1.807) is 6.07 Å². The highest BCUT2D eigenvalue weighted by Crippen LogP contribution is 2.11. The van der Waals surface area contributed by atoms with E-state index in [-0.39, 0.29) is 5.56 Å². The summed E-state index contributed by atoms with van der Waals surface area (Å²) in [4.78, 5) is 15.2. The minimum atomic E-state index is -0.933. The highest BCUT2D eigenvalue weighted by Gasteiger charge is 2.22. The van der Waals surface area contributed by atoms with E-state index < -0.39 is 5.97 Å². The second-order valence-electron chi connectivity index (χ2n) is 4.27. The lowest BCUT2D eigenvalue weighted by Gasteiger charge is -2.07. The molecule has 5 heteroatoms. The first kappa shape index (κ1) is 10.3. The molecule has 0 spiro atoms. The minimum Gasteiger partial charge on any atom is -0.478 e. The summed E-state index contributed by atoms with van der Waals surface area (Å²) in [6, 6.07) is 2.01. The number of pyridine rings is 1. The molecule has 0 amide bonds. The maximum Gasteiger partial charge on any atom is 0.337 e. The van der Waals surface area contributed by atoms with Gasteiger partial charge in [-0.05, 0) is 24.1 Å². The molecule has 0 radical (unpaired) electrons. The van der Waals surface area contributed by atoms with Gasteiger partial charge in [0.15, 0.2) is 0 Å². The van der Waals surface area contributed by atoms with Crippen LogP contribution in [0.4, 0.5) is 0 Å². The van der Waals surface area contributed by atoms with Crippen LogP contribution in [-0.2, 0) is 0 Å². The smallest absolute Gasteiger partial charge is 0.337 e. The summed E-state index contributed by atoms with van der Waals surface area (Å²) in [6.07, 6.45) is 5.43. The molecule has 0 saturated carbocycles. The molecule has 2 aliphatic rings. The average molecular weight is 231 g/mol. The van der Waals surface area contributed by atoms with Crippen LogP contribution in [0.15, 0.2) is 12.3 Å². The van der Waals surface area contributed by atoms with Gasteiger partial charge in [0, 0.05) is 6.20 Å². The van der Waals surface area contributed by atoms with Crippen LogP contribution in [0.3, 0.4) is 0 Å². The Hall–Kier alpha value is -1.88. The van der Waals surface area contributed by atoms with Crippen molar-refractivity contribution < 1.29 is 9.90 Å². The molecule has 2 heterocycles. The number of rotatable bonds is 1. The molecular formula is C12H13N3O2. The van der Waals surface area contributed by atoms with Crippen molar-refractivity contribution in [1.29, 1.82) is 0 Å². The maximum atomic E-state index is 10.9. The Kier molecular flexibility index (Phi) is 2.33. The van der Waals surface area contributed by atoms with E-state index in [2.05, 4.69) is 21.7 Å². The van der Waals surface area contributed by atoms with Crippen LogP contribution in [0.2, 0.25) is 0 Å². The third-order valence-electron chi connectivity index (χ3n) is 3.21. The van der Waals surface area contributed by atoms with Crippen molar-refractivity contribution in [3.63, 3.8) is 0 Å². The van der Waals surface area contributed by atoms with E-state index in [9.17, 15) is 4.79 Å². The topological polar surface area (TPSA) is 74.2 Å². The molecule has 1 atom stereocenters. The lowest BCUT2D eigenvalue weighted by Crippen LogP contribution is -2.35. The number of aromatic nitrogens is 1. The highest BCUT2D eigenvalue weighted by molar-refractivity contribution is 5.87. The number of nitrogens with zero attached hydrogens (tertiary/aromatic N) is 1. The Labute approximate surface area is 97.9 Å². The van der Waals surface area contributed by atoms with E-state index in [4.69, 9.17) is 5.11 Å². The van der Waals surface area contributed by atoms with Crippen LogP contribution in [0.25, 0.3) is 11.8 Å². The molecule has 3 rings (SSSR count). The van der Waals surface area contributed by atoms with Gasteiger partial charge in [0.1, 0.15) is 0 Å². The summed E-state index contributed by atoms with van der Waals surface area (Å²) < 4.78 is 0. The number of carboxylic acids is 1. The van der Waals surface area contributed by atoms with Crippen LogP contribution in [0.1, 0.15) is 23.2 Å². The van der Waals surface area contributed by atoms with Gasteiger partial charge in [-0.25, -0.2) is 4.79 Å². The van der Waals surface area contributed by atoms with Crippen LogP contribution < -0.4 is 21.2 Å². The van der Waals surface area contributed by atoms with E-state index in [1.165, 1.54) is 6.20 Å². The van der Waals surface area contributed by atoms with E-state index in [0.29, 0.717) is 6.04 Å². The highest BCUT2D eigenvalue weighted by atomic mass is 16.4. The van der Waals surface area contributed by atoms with Gasteiger partial charge < -0.3 is 10.4 Å². The molecule has 0 aromatic carbocycles. The van der Waals surface area contributed by atoms with Gasteiger partial charge in [0.25, 0.3) is 0 Å². The molecule has 1 unspecified atom stereocenters. The molecule has 3 N–H and O–H groups in total. The SMILES string of the molecule is O=C(O)c1cnc2c(c1)=CCCC1NCNC=21. The molecule has 1 aromatic heterocycles. The molecule has 1 aliphatic heterocycles. The fourth-order valence-corrected chi connectivity index (χ4v) is 2.37. The first-order valence-corrected chi connectivity index (χ1v) is 5.67. The van der Waals surface area contributed by atoms with Crippen molar-refractivity contribution in [2.45, 2.75) is 18.9 Å². The summed E-state index contributed by atoms with van der Waals surface area (Å²) in [5.74, 6) is -0.933. The standard InChI is InChI=1S/C12H13N3O2/c16-12(17)8-4-7-2-1-3-9-11(15-6-14-9)10(7)13-5-8/h2,4-5,9,14-15H,1,3,6H2,(H,16,17). The first-order chi connectivity index (χ1) is 8.25. The van der Waals surface area contributed by atoms with Crippen molar-refractivity contribution in [3.8, 4) is 0 Å². The van der Waals surface area contributed by atoms with Gasteiger partial charge in [-0.15, -0.1) is 0 Å². The minimum absolute atomic E-state index is 0.241. The quantitative estimate of drug-likeness (QED) is 0.577. The molecule has 1 aliphatic carbocycles. The molecule has 0 bridgehead atoms. The van der Waals surface area contributed by atoms with Crippen molar-refractivity contribution in [2.24, 2.45) is 0 Å². The zero-order chi connectivity index (χ0) is 11.8. The summed E-state index contributed by atoms with van der Waals surface area (Å²) in [7, 11) is 0. The van der Waals surface area contributed by atoms with Gasteiger partial charge in [-0.1, -0.05) is 6.08 Å². The zero-order valence-corrected chi connectivity index (χ0v) is 9.23. The molecular weight excluding hydrogens is 218 g/mol. The number of nitrogens with one attached hydrogen (secondary N) is 2. The molecule has 88 valence electrons. The van der Waals surface area contributed by atoms with Crippen LogP contribution >= 0.6 is 0 Å². The Morgan fingerprint density at radius 3 is 3.24 bits per heavy atom. The van der Waals surface area contributed by atoms with Crippen molar-refractivity contribution in [3.05, 3.63) is 28.4 Å². The fraction of sp³-hybridized carbons (Fsp3) is 0.333. The summed E-state index contributed by atoms with van der Waals surface area (Å²) >= 11 is 0. The third-order valence-corrected chi connectivity index (χ3v) is 3.21. The second-order valence-corrected chi connectivity index (χ2v) is 4.27. The van der Waals surface area contributed by atoms with Crippen molar-refractivity contribution in [2.75, 3.05) is 6.67 Å². The second kappa shape index (κ2) is 3.85. The van der Waals surface area contributed by atoms with Gasteiger partial charge in [0.2, 0.25) is 0 Å². The van der Waals surface area contributed by atoms with Crippen LogP contribution in [-0.4, -0.2) is 28.8 Å². The predicted octanol–water partition coefficient (Wildman–Crippen LogP) is -1.02.